The van der Waals surface area contributed by atoms with Gasteiger partial charge in [-0.2, -0.15) is 0 Å². The molecule has 0 aliphatic carbocycles. The lowest BCUT2D eigenvalue weighted by atomic mass is 10.1. The molecule has 20 heavy (non-hydrogen) atoms. The van der Waals surface area contributed by atoms with Crippen molar-refractivity contribution in [1.29, 1.82) is 0 Å². The quantitative estimate of drug-likeness (QED) is 0.875. The molecule has 0 saturated heterocycles. The van der Waals surface area contributed by atoms with E-state index in [0.717, 1.165) is 9.35 Å². The lowest BCUT2D eigenvalue weighted by Crippen LogP contribution is -2.13. The summed E-state index contributed by atoms with van der Waals surface area (Å²) in [7, 11) is 0. The molecule has 0 atom stereocenters. The molecule has 2 rings (SSSR count). The molecular formula is C14H13BrN2O2S. The van der Waals surface area contributed by atoms with Crippen molar-refractivity contribution in [1.82, 2.24) is 0 Å². The predicted octanol–water partition coefficient (Wildman–Crippen LogP) is 4.03. The van der Waals surface area contributed by atoms with Crippen LogP contribution in [0.3, 0.4) is 0 Å². The van der Waals surface area contributed by atoms with Crippen LogP contribution in [0, 0.1) is 6.92 Å². The normalized spacial score (nSPS) is 10.2. The van der Waals surface area contributed by atoms with Gasteiger partial charge in [-0.15, -0.1) is 11.3 Å². The molecule has 0 fully saturated rings. The number of amides is 2. The van der Waals surface area contributed by atoms with Gasteiger partial charge in [0.1, 0.15) is 0 Å². The van der Waals surface area contributed by atoms with Crippen molar-refractivity contribution >= 4 is 50.5 Å². The van der Waals surface area contributed by atoms with Gasteiger partial charge in [0.15, 0.2) is 0 Å². The number of halogens is 1. The highest BCUT2D eigenvalue weighted by Crippen LogP contribution is 2.26. The first kappa shape index (κ1) is 14.7. The fourth-order valence-electron chi connectivity index (χ4n) is 1.72. The second kappa shape index (κ2) is 6.19. The average molecular weight is 353 g/mol. The Morgan fingerprint density at radius 3 is 2.30 bits per heavy atom. The maximum absolute atomic E-state index is 12.1. The molecule has 0 bridgehead atoms. The molecule has 2 aromatic rings. The largest absolute Gasteiger partial charge is 0.326 e. The minimum Gasteiger partial charge on any atom is -0.326 e. The lowest BCUT2D eigenvalue weighted by Gasteiger charge is -2.12. The first-order chi connectivity index (χ1) is 9.47. The number of thiophene rings is 1. The van der Waals surface area contributed by atoms with Crippen molar-refractivity contribution in [2.75, 3.05) is 10.6 Å². The fourth-order valence-corrected chi connectivity index (χ4v) is 3.00. The molecule has 1 aromatic carbocycles. The Morgan fingerprint density at radius 1 is 1.10 bits per heavy atom. The van der Waals surface area contributed by atoms with Crippen LogP contribution in [0.15, 0.2) is 34.1 Å². The number of nitrogens with one attached hydrogen (secondary N) is 2. The predicted molar refractivity (Wildman–Crippen MR) is 85.5 cm³/mol. The summed E-state index contributed by atoms with van der Waals surface area (Å²) in [5, 5.41) is 5.59. The highest BCUT2D eigenvalue weighted by molar-refractivity contribution is 9.11. The van der Waals surface area contributed by atoms with E-state index in [9.17, 15) is 9.59 Å². The zero-order valence-corrected chi connectivity index (χ0v) is 13.4. The smallest absolute Gasteiger partial charge is 0.265 e. The van der Waals surface area contributed by atoms with Crippen molar-refractivity contribution < 1.29 is 9.59 Å². The first-order valence-corrected chi connectivity index (χ1v) is 7.52. The Morgan fingerprint density at radius 2 is 1.75 bits per heavy atom. The van der Waals surface area contributed by atoms with Crippen molar-refractivity contribution in [2.24, 2.45) is 0 Å². The van der Waals surface area contributed by atoms with Gasteiger partial charge in [-0.05, 0) is 52.7 Å². The summed E-state index contributed by atoms with van der Waals surface area (Å²) in [6, 6.07) is 8.99. The van der Waals surface area contributed by atoms with E-state index in [2.05, 4.69) is 26.6 Å². The zero-order valence-electron chi connectivity index (χ0n) is 11.0. The maximum Gasteiger partial charge on any atom is 0.265 e. The minimum atomic E-state index is -0.163. The standard InChI is InChI=1S/C14H13BrN2O2S/c1-8-10(16-9(2)18)4-3-5-11(8)17-14(19)12-6-7-13(15)20-12/h3-7H,1-2H3,(H,16,18)(H,17,19). The summed E-state index contributed by atoms with van der Waals surface area (Å²) in [5.41, 5.74) is 2.21. The molecule has 1 aromatic heterocycles. The summed E-state index contributed by atoms with van der Waals surface area (Å²) in [4.78, 5) is 23.9. The first-order valence-electron chi connectivity index (χ1n) is 5.91. The van der Waals surface area contributed by atoms with E-state index in [1.807, 2.05) is 13.0 Å². The molecule has 104 valence electrons. The number of hydrogen-bond donors (Lipinski definition) is 2. The Kier molecular flexibility index (Phi) is 4.57. The van der Waals surface area contributed by atoms with Crippen LogP contribution in [-0.2, 0) is 4.79 Å². The zero-order chi connectivity index (χ0) is 14.7. The average Bonchev–Trinajstić information content (AvgIpc) is 2.80. The van der Waals surface area contributed by atoms with Crippen LogP contribution >= 0.6 is 27.3 Å². The van der Waals surface area contributed by atoms with Crippen molar-refractivity contribution in [3.8, 4) is 0 Å². The highest BCUT2D eigenvalue weighted by Gasteiger charge is 2.11. The van der Waals surface area contributed by atoms with E-state index >= 15 is 0 Å². The molecule has 6 heteroatoms. The molecule has 4 nitrogen and oxygen atoms in total. The Labute approximate surface area is 129 Å². The second-order valence-electron chi connectivity index (χ2n) is 4.22. The van der Waals surface area contributed by atoms with Gasteiger partial charge in [-0.25, -0.2) is 0 Å². The SMILES string of the molecule is CC(=O)Nc1cccc(NC(=O)c2ccc(Br)s2)c1C. The van der Waals surface area contributed by atoms with Crippen molar-refractivity contribution in [3.05, 3.63) is 44.6 Å². The molecule has 0 radical (unpaired) electrons. The van der Waals surface area contributed by atoms with Crippen molar-refractivity contribution in [3.63, 3.8) is 0 Å². The summed E-state index contributed by atoms with van der Waals surface area (Å²) < 4.78 is 0.909. The molecule has 0 aliphatic rings. The lowest BCUT2D eigenvalue weighted by molar-refractivity contribution is -0.114. The summed E-state index contributed by atoms with van der Waals surface area (Å²) >= 11 is 4.70. The minimum absolute atomic E-state index is 0.140. The van der Waals surface area contributed by atoms with Gasteiger partial charge in [0, 0.05) is 18.3 Å². The topological polar surface area (TPSA) is 58.2 Å². The van der Waals surface area contributed by atoms with E-state index in [4.69, 9.17) is 0 Å². The molecule has 0 unspecified atom stereocenters. The summed E-state index contributed by atoms with van der Waals surface area (Å²) in [5.74, 6) is -0.303. The van der Waals surface area contributed by atoms with Crippen LogP contribution < -0.4 is 10.6 Å². The fraction of sp³-hybridized carbons (Fsp3) is 0.143. The van der Waals surface area contributed by atoms with Gasteiger partial charge in [0.2, 0.25) is 5.91 Å². The number of anilines is 2. The number of benzene rings is 1. The van der Waals surface area contributed by atoms with Gasteiger partial charge in [0.05, 0.1) is 8.66 Å². The molecule has 1 heterocycles. The third-order valence-corrected chi connectivity index (χ3v) is 4.31. The third kappa shape index (κ3) is 3.46. The third-order valence-electron chi connectivity index (χ3n) is 2.69. The molecule has 0 aliphatic heterocycles. The summed E-state index contributed by atoms with van der Waals surface area (Å²) in [6.07, 6.45) is 0. The van der Waals surface area contributed by atoms with Gasteiger partial charge < -0.3 is 10.6 Å². The molecule has 0 saturated carbocycles. The van der Waals surface area contributed by atoms with Gasteiger partial charge >= 0.3 is 0 Å². The Balaban J connectivity index is 2.21. The van der Waals surface area contributed by atoms with Crippen LogP contribution in [0.25, 0.3) is 0 Å². The number of carbonyl (C=O) groups is 2. The monoisotopic (exact) mass is 352 g/mol. The maximum atomic E-state index is 12.1. The van der Waals surface area contributed by atoms with Crippen LogP contribution in [-0.4, -0.2) is 11.8 Å². The Bertz CT molecular complexity index is 667. The van der Waals surface area contributed by atoms with Crippen LogP contribution in [0.4, 0.5) is 11.4 Å². The Hall–Kier alpha value is -1.66. The molecular weight excluding hydrogens is 340 g/mol. The van der Waals surface area contributed by atoms with Crippen LogP contribution in [0.2, 0.25) is 0 Å². The summed E-state index contributed by atoms with van der Waals surface area (Å²) in [6.45, 7) is 3.30. The molecule has 0 spiro atoms. The van der Waals surface area contributed by atoms with Crippen LogP contribution in [0.5, 0.6) is 0 Å². The number of hydrogen-bond acceptors (Lipinski definition) is 3. The molecule has 2 amide bonds. The number of rotatable bonds is 3. The highest BCUT2D eigenvalue weighted by atomic mass is 79.9. The second-order valence-corrected chi connectivity index (χ2v) is 6.68. The van der Waals surface area contributed by atoms with E-state index in [0.29, 0.717) is 16.3 Å². The van der Waals surface area contributed by atoms with E-state index in [-0.39, 0.29) is 11.8 Å². The molecule has 2 N–H and O–H groups in total. The van der Waals surface area contributed by atoms with Crippen LogP contribution in [0.1, 0.15) is 22.2 Å². The van der Waals surface area contributed by atoms with Gasteiger partial charge in [-0.3, -0.25) is 9.59 Å². The number of carbonyl (C=O) groups excluding carboxylic acids is 2. The van der Waals surface area contributed by atoms with Gasteiger partial charge in [0.25, 0.3) is 5.91 Å². The van der Waals surface area contributed by atoms with E-state index < -0.39 is 0 Å². The van der Waals surface area contributed by atoms with Gasteiger partial charge in [-0.1, -0.05) is 6.07 Å². The van der Waals surface area contributed by atoms with Crippen molar-refractivity contribution in [2.45, 2.75) is 13.8 Å². The van der Waals surface area contributed by atoms with E-state index in [1.165, 1.54) is 18.3 Å². The van der Waals surface area contributed by atoms with E-state index in [1.54, 1.807) is 24.3 Å².